The second-order valence-electron chi connectivity index (χ2n) is 2.49. The summed E-state index contributed by atoms with van der Waals surface area (Å²) in [6, 6.07) is 0. The molecule has 0 aliphatic carbocycles. The third kappa shape index (κ3) is 2.20. The number of esters is 1. The fourth-order valence-electron chi connectivity index (χ4n) is 0.677. The highest BCUT2D eigenvalue weighted by molar-refractivity contribution is 5.85. The third-order valence-corrected chi connectivity index (χ3v) is 1.11. The van der Waals surface area contributed by atoms with Gasteiger partial charge in [-0.25, -0.2) is 0 Å². The van der Waals surface area contributed by atoms with Gasteiger partial charge >= 0.3 is 5.97 Å². The van der Waals surface area contributed by atoms with E-state index in [0.717, 1.165) is 0 Å². The van der Waals surface area contributed by atoms with E-state index in [4.69, 9.17) is 5.73 Å². The molecule has 1 atom stereocenters. The molecule has 0 spiro atoms. The Morgan fingerprint density at radius 2 is 2.33 bits per heavy atom. The summed E-state index contributed by atoms with van der Waals surface area (Å²) < 4.78 is 4.60. The first-order valence-electron chi connectivity index (χ1n) is 2.55. The molecule has 0 saturated carbocycles. The minimum Gasteiger partial charge on any atom is -0.464 e. The summed E-state index contributed by atoms with van der Waals surface area (Å²) in [4.78, 5) is 10.4. The molecular formula is C5H10ClNO2. The van der Waals surface area contributed by atoms with E-state index in [9.17, 15) is 4.79 Å². The molecule has 1 unspecified atom stereocenters. The maximum atomic E-state index is 10.4. The lowest BCUT2D eigenvalue weighted by Gasteiger charge is -2.09. The van der Waals surface area contributed by atoms with Gasteiger partial charge < -0.3 is 10.5 Å². The van der Waals surface area contributed by atoms with Crippen LogP contribution in [0.3, 0.4) is 0 Å². The van der Waals surface area contributed by atoms with Gasteiger partial charge in [0.2, 0.25) is 0 Å². The molecule has 9 heavy (non-hydrogen) atoms. The van der Waals surface area contributed by atoms with Crippen molar-refractivity contribution in [2.75, 3.05) is 6.61 Å². The number of carbonyl (C=O) groups is 1. The van der Waals surface area contributed by atoms with E-state index in [0.29, 0.717) is 13.0 Å². The van der Waals surface area contributed by atoms with Crippen LogP contribution in [0.25, 0.3) is 0 Å². The van der Waals surface area contributed by atoms with Crippen molar-refractivity contribution < 1.29 is 9.53 Å². The van der Waals surface area contributed by atoms with E-state index in [-0.39, 0.29) is 18.4 Å². The fourth-order valence-corrected chi connectivity index (χ4v) is 0.677. The van der Waals surface area contributed by atoms with Crippen LogP contribution in [0, 0.1) is 0 Å². The molecule has 0 aromatic carbocycles. The SMILES string of the molecule is CC1(N)COC(=O)C1.Cl. The Kier molecular flexibility index (Phi) is 2.46. The van der Waals surface area contributed by atoms with Crippen LogP contribution in [0.5, 0.6) is 0 Å². The summed E-state index contributed by atoms with van der Waals surface area (Å²) in [6.07, 6.45) is 0.354. The molecule has 1 saturated heterocycles. The van der Waals surface area contributed by atoms with Crippen LogP contribution in [0.15, 0.2) is 0 Å². The number of nitrogens with two attached hydrogens (primary N) is 1. The third-order valence-electron chi connectivity index (χ3n) is 1.11. The molecule has 1 fully saturated rings. The predicted molar refractivity (Wildman–Crippen MR) is 35.4 cm³/mol. The molecule has 1 aliphatic heterocycles. The van der Waals surface area contributed by atoms with Crippen LogP contribution in [0.2, 0.25) is 0 Å². The molecule has 1 heterocycles. The second kappa shape index (κ2) is 2.54. The van der Waals surface area contributed by atoms with Crippen molar-refractivity contribution in [1.29, 1.82) is 0 Å². The Hall–Kier alpha value is -0.280. The molecule has 0 aromatic heterocycles. The lowest BCUT2D eigenvalue weighted by atomic mass is 10.0. The summed E-state index contributed by atoms with van der Waals surface area (Å²) in [5.74, 6) is -0.185. The standard InChI is InChI=1S/C5H9NO2.ClH/c1-5(6)2-4(7)8-3-5;/h2-3,6H2,1H3;1H. The number of hydrogen-bond donors (Lipinski definition) is 1. The predicted octanol–water partition coefficient (Wildman–Crippen LogP) is 0.0725. The van der Waals surface area contributed by atoms with Crippen LogP contribution in [-0.2, 0) is 9.53 Å². The molecule has 54 valence electrons. The van der Waals surface area contributed by atoms with Crippen molar-refractivity contribution in [3.05, 3.63) is 0 Å². The Morgan fingerprint density at radius 1 is 1.78 bits per heavy atom. The van der Waals surface area contributed by atoms with E-state index < -0.39 is 5.54 Å². The zero-order chi connectivity index (χ0) is 6.20. The van der Waals surface area contributed by atoms with Gasteiger partial charge in [0.1, 0.15) is 6.61 Å². The quantitative estimate of drug-likeness (QED) is 0.499. The maximum absolute atomic E-state index is 10.4. The molecule has 0 bridgehead atoms. The van der Waals surface area contributed by atoms with Crippen LogP contribution in [-0.4, -0.2) is 18.1 Å². The zero-order valence-electron chi connectivity index (χ0n) is 5.22. The first-order chi connectivity index (χ1) is 3.60. The largest absolute Gasteiger partial charge is 0.464 e. The highest BCUT2D eigenvalue weighted by atomic mass is 35.5. The monoisotopic (exact) mass is 151 g/mol. The van der Waals surface area contributed by atoms with E-state index in [1.807, 2.05) is 0 Å². The highest BCUT2D eigenvalue weighted by Crippen LogP contribution is 2.14. The smallest absolute Gasteiger partial charge is 0.307 e. The average molecular weight is 152 g/mol. The molecule has 3 nitrogen and oxygen atoms in total. The molecule has 0 radical (unpaired) electrons. The van der Waals surface area contributed by atoms with Crippen molar-refractivity contribution in [2.45, 2.75) is 18.9 Å². The number of ether oxygens (including phenoxy) is 1. The van der Waals surface area contributed by atoms with Gasteiger partial charge in [0.15, 0.2) is 0 Å². The van der Waals surface area contributed by atoms with Gasteiger partial charge in [-0.3, -0.25) is 4.79 Å². The Labute approximate surface area is 60.0 Å². The average Bonchev–Trinajstić information content (AvgIpc) is 1.82. The van der Waals surface area contributed by atoms with Crippen molar-refractivity contribution in [1.82, 2.24) is 0 Å². The number of carbonyl (C=O) groups excluding carboxylic acids is 1. The Balaban J connectivity index is 0.000000640. The van der Waals surface area contributed by atoms with Crippen molar-refractivity contribution in [3.8, 4) is 0 Å². The normalized spacial score (nSPS) is 33.3. The van der Waals surface area contributed by atoms with Gasteiger partial charge in [0.05, 0.1) is 12.0 Å². The Bertz CT molecular complexity index is 124. The molecule has 1 aliphatic rings. The van der Waals surface area contributed by atoms with Gasteiger partial charge in [-0.15, -0.1) is 12.4 Å². The Morgan fingerprint density at radius 3 is 2.44 bits per heavy atom. The summed E-state index contributed by atoms with van der Waals surface area (Å²) in [6.45, 7) is 2.17. The zero-order valence-corrected chi connectivity index (χ0v) is 6.03. The first kappa shape index (κ1) is 8.72. The van der Waals surface area contributed by atoms with Crippen molar-refractivity contribution in [2.24, 2.45) is 5.73 Å². The van der Waals surface area contributed by atoms with Gasteiger partial charge in [-0.2, -0.15) is 0 Å². The molecule has 4 heteroatoms. The molecule has 2 N–H and O–H groups in total. The van der Waals surface area contributed by atoms with Gasteiger partial charge in [-0.1, -0.05) is 0 Å². The van der Waals surface area contributed by atoms with E-state index in [2.05, 4.69) is 4.74 Å². The lowest BCUT2D eigenvalue weighted by Crippen LogP contribution is -2.36. The second-order valence-corrected chi connectivity index (χ2v) is 2.49. The summed E-state index contributed by atoms with van der Waals surface area (Å²) in [5, 5.41) is 0. The molecule has 0 amide bonds. The van der Waals surface area contributed by atoms with E-state index in [1.165, 1.54) is 0 Å². The van der Waals surface area contributed by atoms with Crippen molar-refractivity contribution in [3.63, 3.8) is 0 Å². The summed E-state index contributed by atoms with van der Waals surface area (Å²) >= 11 is 0. The number of cyclic esters (lactones) is 1. The van der Waals surface area contributed by atoms with Crippen LogP contribution in [0.4, 0.5) is 0 Å². The first-order valence-corrected chi connectivity index (χ1v) is 2.55. The number of rotatable bonds is 0. The minimum atomic E-state index is -0.406. The lowest BCUT2D eigenvalue weighted by molar-refractivity contribution is -0.137. The highest BCUT2D eigenvalue weighted by Gasteiger charge is 2.31. The van der Waals surface area contributed by atoms with Gasteiger partial charge in [-0.05, 0) is 6.92 Å². The fraction of sp³-hybridized carbons (Fsp3) is 0.800. The summed E-state index contributed by atoms with van der Waals surface area (Å²) in [5.41, 5.74) is 5.12. The van der Waals surface area contributed by atoms with Crippen molar-refractivity contribution >= 4 is 18.4 Å². The van der Waals surface area contributed by atoms with E-state index >= 15 is 0 Å². The molecule has 1 rings (SSSR count). The number of halogens is 1. The van der Waals surface area contributed by atoms with E-state index in [1.54, 1.807) is 6.92 Å². The minimum absolute atomic E-state index is 0. The van der Waals surface area contributed by atoms with Crippen LogP contribution in [0.1, 0.15) is 13.3 Å². The van der Waals surface area contributed by atoms with Crippen LogP contribution >= 0.6 is 12.4 Å². The maximum Gasteiger partial charge on any atom is 0.307 e. The van der Waals surface area contributed by atoms with Crippen LogP contribution < -0.4 is 5.73 Å². The topological polar surface area (TPSA) is 52.3 Å². The van der Waals surface area contributed by atoms with Gasteiger partial charge in [0.25, 0.3) is 0 Å². The number of hydrogen-bond acceptors (Lipinski definition) is 3. The molecular weight excluding hydrogens is 142 g/mol. The van der Waals surface area contributed by atoms with Gasteiger partial charge in [0, 0.05) is 0 Å². The molecule has 0 aromatic rings. The summed E-state index contributed by atoms with van der Waals surface area (Å²) in [7, 11) is 0.